The molecule has 144 valence electrons. The highest BCUT2D eigenvalue weighted by Gasteiger charge is 2.51. The molecule has 1 amide bonds. The van der Waals surface area contributed by atoms with Crippen LogP contribution in [0.4, 0.5) is 11.1 Å². The van der Waals surface area contributed by atoms with Crippen molar-refractivity contribution in [1.29, 1.82) is 0 Å². The predicted molar refractivity (Wildman–Crippen MR) is 102 cm³/mol. The van der Waals surface area contributed by atoms with Crippen LogP contribution in [-0.4, -0.2) is 98.2 Å². The van der Waals surface area contributed by atoms with E-state index in [0.29, 0.717) is 5.91 Å². The Bertz CT molecular complexity index is 647. The summed E-state index contributed by atoms with van der Waals surface area (Å²) in [7, 11) is 3.90. The average Bonchev–Trinajstić information content (AvgIpc) is 3.36. The van der Waals surface area contributed by atoms with Gasteiger partial charge in [0.15, 0.2) is 0 Å². The summed E-state index contributed by atoms with van der Waals surface area (Å²) in [4.78, 5) is 26.3. The summed E-state index contributed by atoms with van der Waals surface area (Å²) in [5, 5.41) is 0.935. The van der Waals surface area contributed by atoms with Gasteiger partial charge in [-0.15, -0.1) is 0 Å². The zero-order chi connectivity index (χ0) is 18.1. The molecule has 0 radical (unpaired) electrons. The van der Waals surface area contributed by atoms with Crippen molar-refractivity contribution in [2.45, 2.75) is 12.8 Å². The Labute approximate surface area is 158 Å². The lowest BCUT2D eigenvalue weighted by molar-refractivity contribution is -0.135. The number of nitrogens with zero attached hydrogens (tertiary/aromatic N) is 6. The van der Waals surface area contributed by atoms with Gasteiger partial charge in [0.1, 0.15) is 0 Å². The highest BCUT2D eigenvalue weighted by Crippen LogP contribution is 2.42. The van der Waals surface area contributed by atoms with Crippen molar-refractivity contribution >= 4 is 28.5 Å². The van der Waals surface area contributed by atoms with E-state index in [0.717, 1.165) is 82.9 Å². The molecular formula is C17H28N6O2S. The number of hydrogen-bond acceptors (Lipinski definition) is 8. The maximum atomic E-state index is 13.1. The third-order valence-corrected chi connectivity index (χ3v) is 6.59. The molecule has 0 aromatic carbocycles. The lowest BCUT2D eigenvalue weighted by atomic mass is 9.85. The summed E-state index contributed by atoms with van der Waals surface area (Å²) in [6, 6.07) is 0. The van der Waals surface area contributed by atoms with E-state index < -0.39 is 0 Å². The number of hydrogen-bond donors (Lipinski definition) is 0. The van der Waals surface area contributed by atoms with Crippen LogP contribution in [0.5, 0.6) is 0 Å². The lowest BCUT2D eigenvalue weighted by Crippen LogP contribution is -2.43. The topological polar surface area (TPSA) is 65.0 Å². The van der Waals surface area contributed by atoms with Gasteiger partial charge in [0.2, 0.25) is 17.0 Å². The Morgan fingerprint density at radius 3 is 2.65 bits per heavy atom. The molecule has 4 rings (SSSR count). The number of ether oxygens (including phenoxy) is 1. The molecule has 8 nitrogen and oxygen atoms in total. The number of anilines is 2. The number of likely N-dealkylation sites (tertiary alicyclic amines) is 1. The highest BCUT2D eigenvalue weighted by molar-refractivity contribution is 7.09. The minimum Gasteiger partial charge on any atom is -0.379 e. The molecule has 0 bridgehead atoms. The quantitative estimate of drug-likeness (QED) is 0.731. The number of aromatic nitrogens is 2. The van der Waals surface area contributed by atoms with Crippen LogP contribution >= 0.6 is 11.5 Å². The van der Waals surface area contributed by atoms with Crippen molar-refractivity contribution in [2.75, 3.05) is 82.9 Å². The SMILES string of the molecule is CN(C)c1nsc(N2CCC3(CCN(CCN4CCOCC4)C3=O)C2)n1. The van der Waals surface area contributed by atoms with E-state index in [1.165, 1.54) is 11.5 Å². The first-order valence-electron chi connectivity index (χ1n) is 9.43. The van der Waals surface area contributed by atoms with Crippen LogP contribution in [0.3, 0.4) is 0 Å². The molecule has 3 saturated heterocycles. The summed E-state index contributed by atoms with van der Waals surface area (Å²) < 4.78 is 9.79. The zero-order valence-electron chi connectivity index (χ0n) is 15.7. The molecular weight excluding hydrogens is 352 g/mol. The van der Waals surface area contributed by atoms with Gasteiger partial charge in [-0.3, -0.25) is 9.69 Å². The molecule has 3 fully saturated rings. The molecule has 3 aliphatic heterocycles. The van der Waals surface area contributed by atoms with Gasteiger partial charge in [-0.25, -0.2) is 0 Å². The monoisotopic (exact) mass is 380 g/mol. The Balaban J connectivity index is 1.34. The largest absolute Gasteiger partial charge is 0.379 e. The molecule has 4 heterocycles. The minimum absolute atomic E-state index is 0.213. The van der Waals surface area contributed by atoms with E-state index in [1.54, 1.807) is 0 Å². The molecule has 1 unspecified atom stereocenters. The van der Waals surface area contributed by atoms with Gasteiger partial charge < -0.3 is 19.4 Å². The first-order chi connectivity index (χ1) is 12.6. The fourth-order valence-electron chi connectivity index (χ4n) is 4.13. The van der Waals surface area contributed by atoms with Gasteiger partial charge in [-0.1, -0.05) is 0 Å². The number of carbonyl (C=O) groups is 1. The average molecular weight is 381 g/mol. The third-order valence-electron chi connectivity index (χ3n) is 5.82. The minimum atomic E-state index is -0.213. The van der Waals surface area contributed by atoms with Crippen LogP contribution < -0.4 is 9.80 Å². The van der Waals surface area contributed by atoms with Crippen LogP contribution in [0, 0.1) is 5.41 Å². The van der Waals surface area contributed by atoms with E-state index in [2.05, 4.69) is 24.1 Å². The number of rotatable bonds is 5. The van der Waals surface area contributed by atoms with Crippen LogP contribution in [0.15, 0.2) is 0 Å². The summed E-state index contributed by atoms with van der Waals surface area (Å²) in [5.41, 5.74) is -0.213. The van der Waals surface area contributed by atoms with Gasteiger partial charge >= 0.3 is 0 Å². The molecule has 0 N–H and O–H groups in total. The van der Waals surface area contributed by atoms with Crippen molar-refractivity contribution in [3.63, 3.8) is 0 Å². The van der Waals surface area contributed by atoms with Crippen LogP contribution in [0.1, 0.15) is 12.8 Å². The van der Waals surface area contributed by atoms with Crippen molar-refractivity contribution in [3.8, 4) is 0 Å². The Hall–Kier alpha value is -1.45. The predicted octanol–water partition coefficient (Wildman–Crippen LogP) is 0.365. The Morgan fingerprint density at radius 1 is 1.15 bits per heavy atom. The Kier molecular flexibility index (Phi) is 5.02. The highest BCUT2D eigenvalue weighted by atomic mass is 32.1. The van der Waals surface area contributed by atoms with Crippen molar-refractivity contribution in [3.05, 3.63) is 0 Å². The standard InChI is InChI=1S/C17H28N6O2S/c1-20(2)15-18-16(26-19-15)23-6-4-17(13-23)3-5-22(14(17)24)8-7-21-9-11-25-12-10-21/h3-13H2,1-2H3. The van der Waals surface area contributed by atoms with Crippen LogP contribution in [0.25, 0.3) is 0 Å². The lowest BCUT2D eigenvalue weighted by Gasteiger charge is -2.29. The van der Waals surface area contributed by atoms with E-state index in [-0.39, 0.29) is 5.41 Å². The molecule has 1 aromatic heterocycles. The fraction of sp³-hybridized carbons (Fsp3) is 0.824. The first-order valence-corrected chi connectivity index (χ1v) is 10.2. The molecule has 1 spiro atoms. The van der Waals surface area contributed by atoms with E-state index >= 15 is 0 Å². The van der Waals surface area contributed by atoms with Gasteiger partial charge in [0.05, 0.1) is 18.6 Å². The normalized spacial score (nSPS) is 27.1. The van der Waals surface area contributed by atoms with E-state index in [4.69, 9.17) is 4.74 Å². The van der Waals surface area contributed by atoms with Crippen LogP contribution in [-0.2, 0) is 9.53 Å². The van der Waals surface area contributed by atoms with Crippen molar-refractivity contribution < 1.29 is 9.53 Å². The van der Waals surface area contributed by atoms with Crippen molar-refractivity contribution in [1.82, 2.24) is 19.2 Å². The third kappa shape index (κ3) is 3.39. The first kappa shape index (κ1) is 17.9. The maximum absolute atomic E-state index is 13.1. The second kappa shape index (κ2) is 7.28. The van der Waals surface area contributed by atoms with E-state index in [1.807, 2.05) is 19.0 Å². The molecule has 9 heteroatoms. The summed E-state index contributed by atoms with van der Waals surface area (Å²) in [6.07, 6.45) is 1.89. The molecule has 0 saturated carbocycles. The Morgan fingerprint density at radius 2 is 1.92 bits per heavy atom. The molecule has 0 aliphatic carbocycles. The second-order valence-corrected chi connectivity index (χ2v) is 8.45. The summed E-state index contributed by atoms with van der Waals surface area (Å²) in [6.45, 7) is 7.93. The summed E-state index contributed by atoms with van der Waals surface area (Å²) in [5.74, 6) is 1.08. The molecule has 1 atom stereocenters. The van der Waals surface area contributed by atoms with Gasteiger partial charge in [-0.2, -0.15) is 9.36 Å². The second-order valence-electron chi connectivity index (χ2n) is 7.72. The molecule has 1 aromatic rings. The number of carbonyl (C=O) groups excluding carboxylic acids is 1. The van der Waals surface area contributed by atoms with Gasteiger partial charge in [0, 0.05) is 71.4 Å². The summed E-state index contributed by atoms with van der Waals surface area (Å²) >= 11 is 1.43. The van der Waals surface area contributed by atoms with Crippen LogP contribution in [0.2, 0.25) is 0 Å². The van der Waals surface area contributed by atoms with Gasteiger partial charge in [-0.05, 0) is 12.8 Å². The zero-order valence-corrected chi connectivity index (χ0v) is 16.5. The molecule has 26 heavy (non-hydrogen) atoms. The number of morpholine rings is 1. The van der Waals surface area contributed by atoms with Crippen molar-refractivity contribution in [2.24, 2.45) is 5.41 Å². The van der Waals surface area contributed by atoms with Gasteiger partial charge in [0.25, 0.3) is 0 Å². The smallest absolute Gasteiger partial charge is 0.238 e. The number of amides is 1. The molecule has 3 aliphatic rings. The van der Waals surface area contributed by atoms with E-state index in [9.17, 15) is 4.79 Å². The fourth-order valence-corrected chi connectivity index (χ4v) is 4.89. The maximum Gasteiger partial charge on any atom is 0.238 e.